The van der Waals surface area contributed by atoms with E-state index in [1.54, 1.807) is 12.4 Å². The van der Waals surface area contributed by atoms with Gasteiger partial charge in [0.2, 0.25) is 5.91 Å². The van der Waals surface area contributed by atoms with Gasteiger partial charge in [0.25, 0.3) is 0 Å². The van der Waals surface area contributed by atoms with Crippen molar-refractivity contribution in [3.05, 3.63) is 53.9 Å². The second kappa shape index (κ2) is 9.40. The number of rotatable bonds is 7. The van der Waals surface area contributed by atoms with Gasteiger partial charge < -0.3 is 10.1 Å². The van der Waals surface area contributed by atoms with Crippen LogP contribution in [0.5, 0.6) is 0 Å². The van der Waals surface area contributed by atoms with E-state index >= 15 is 0 Å². The summed E-state index contributed by atoms with van der Waals surface area (Å²) in [6.45, 7) is 5.52. The van der Waals surface area contributed by atoms with E-state index in [1.165, 1.54) is 22.9 Å². The number of carbonyl (C=O) groups is 1. The predicted molar refractivity (Wildman–Crippen MR) is 117 cm³/mol. The molecule has 4 rings (SSSR count). The highest BCUT2D eigenvalue weighted by Gasteiger charge is 2.19. The molecular formula is C22H25N5O2S. The first-order valence-corrected chi connectivity index (χ1v) is 11.0. The molecule has 1 aliphatic rings. The minimum atomic E-state index is -0.0319. The number of benzene rings is 1. The largest absolute Gasteiger partial charge is 0.376 e. The van der Waals surface area contributed by atoms with Gasteiger partial charge in [-0.25, -0.2) is 0 Å². The summed E-state index contributed by atoms with van der Waals surface area (Å²) in [6.07, 6.45) is 5.67. The summed E-state index contributed by atoms with van der Waals surface area (Å²) < 4.78 is 7.56. The lowest BCUT2D eigenvalue weighted by atomic mass is 10.1. The van der Waals surface area contributed by atoms with Crippen molar-refractivity contribution in [2.24, 2.45) is 0 Å². The highest BCUT2D eigenvalue weighted by molar-refractivity contribution is 7.99. The fourth-order valence-corrected chi connectivity index (χ4v) is 4.14. The lowest BCUT2D eigenvalue weighted by molar-refractivity contribution is -0.119. The SMILES string of the molecule is Cc1ccc(-n2c(SCC(=O)NCC3CCCO3)nnc2-c2ccncc2)cc1C. The quantitative estimate of drug-likeness (QED) is 0.587. The maximum absolute atomic E-state index is 12.3. The first-order valence-electron chi connectivity index (χ1n) is 10.1. The summed E-state index contributed by atoms with van der Waals surface area (Å²) in [5, 5.41) is 12.4. The van der Waals surface area contributed by atoms with Crippen molar-refractivity contribution in [2.75, 3.05) is 18.9 Å². The normalized spacial score (nSPS) is 16.0. The molecule has 1 aliphatic heterocycles. The van der Waals surface area contributed by atoms with Crippen molar-refractivity contribution >= 4 is 17.7 Å². The summed E-state index contributed by atoms with van der Waals surface area (Å²) in [5.74, 6) is 0.963. The topological polar surface area (TPSA) is 81.9 Å². The number of nitrogens with zero attached hydrogens (tertiary/aromatic N) is 4. The molecule has 0 bridgehead atoms. The van der Waals surface area contributed by atoms with E-state index in [-0.39, 0.29) is 17.8 Å². The number of amides is 1. The third-order valence-electron chi connectivity index (χ3n) is 5.20. The Hall–Kier alpha value is -2.71. The second-order valence-electron chi connectivity index (χ2n) is 7.37. The Morgan fingerprint density at radius 1 is 1.20 bits per heavy atom. The van der Waals surface area contributed by atoms with Crippen molar-refractivity contribution in [1.82, 2.24) is 25.1 Å². The summed E-state index contributed by atoms with van der Waals surface area (Å²) in [5.41, 5.74) is 4.30. The van der Waals surface area contributed by atoms with Gasteiger partial charge in [0.1, 0.15) is 0 Å². The molecule has 0 aliphatic carbocycles. The minimum absolute atomic E-state index is 0.0319. The number of aromatic nitrogens is 4. The molecule has 7 nitrogen and oxygen atoms in total. The molecule has 0 radical (unpaired) electrons. The van der Waals surface area contributed by atoms with Gasteiger partial charge >= 0.3 is 0 Å². The third-order valence-corrected chi connectivity index (χ3v) is 6.13. The molecule has 30 heavy (non-hydrogen) atoms. The van der Waals surface area contributed by atoms with E-state index in [0.29, 0.717) is 11.7 Å². The van der Waals surface area contributed by atoms with Crippen LogP contribution >= 0.6 is 11.8 Å². The maximum atomic E-state index is 12.3. The van der Waals surface area contributed by atoms with Gasteiger partial charge in [-0.05, 0) is 62.1 Å². The third kappa shape index (κ3) is 4.71. The Balaban J connectivity index is 1.55. The summed E-state index contributed by atoms with van der Waals surface area (Å²) in [7, 11) is 0. The van der Waals surface area contributed by atoms with Crippen molar-refractivity contribution in [2.45, 2.75) is 37.9 Å². The zero-order valence-corrected chi connectivity index (χ0v) is 18.0. The van der Waals surface area contributed by atoms with Gasteiger partial charge in [-0.15, -0.1) is 10.2 Å². The van der Waals surface area contributed by atoms with Crippen LogP contribution < -0.4 is 5.32 Å². The summed E-state index contributed by atoms with van der Waals surface area (Å²) in [4.78, 5) is 16.4. The van der Waals surface area contributed by atoms with Crippen molar-refractivity contribution in [3.8, 4) is 17.1 Å². The van der Waals surface area contributed by atoms with Gasteiger partial charge in [0.05, 0.1) is 17.5 Å². The van der Waals surface area contributed by atoms with Crippen LogP contribution in [-0.4, -0.2) is 50.7 Å². The van der Waals surface area contributed by atoms with Crippen LogP contribution in [-0.2, 0) is 9.53 Å². The zero-order chi connectivity index (χ0) is 20.9. The van der Waals surface area contributed by atoms with Gasteiger partial charge in [-0.1, -0.05) is 17.8 Å². The standard InChI is InChI=1S/C22H25N5O2S/c1-15-5-6-18(12-16(15)2)27-21(17-7-9-23-10-8-17)25-26-22(27)30-14-20(28)24-13-19-4-3-11-29-19/h5-10,12,19H,3-4,11,13-14H2,1-2H3,(H,24,28). The molecule has 1 unspecified atom stereocenters. The fraction of sp³-hybridized carbons (Fsp3) is 0.364. The Morgan fingerprint density at radius 3 is 2.77 bits per heavy atom. The average molecular weight is 424 g/mol. The Bertz CT molecular complexity index is 1020. The molecule has 1 atom stereocenters. The van der Waals surface area contributed by atoms with E-state index in [4.69, 9.17) is 4.74 Å². The molecule has 3 heterocycles. The van der Waals surface area contributed by atoms with Crippen LogP contribution in [0.2, 0.25) is 0 Å². The van der Waals surface area contributed by atoms with Gasteiger partial charge in [-0.2, -0.15) is 0 Å². The number of ether oxygens (including phenoxy) is 1. The van der Waals surface area contributed by atoms with Crippen LogP contribution in [0.3, 0.4) is 0 Å². The van der Waals surface area contributed by atoms with Crippen molar-refractivity contribution in [3.63, 3.8) is 0 Å². The molecular weight excluding hydrogens is 398 g/mol. The molecule has 3 aromatic rings. The molecule has 0 spiro atoms. The number of nitrogens with one attached hydrogen (secondary N) is 1. The smallest absolute Gasteiger partial charge is 0.230 e. The minimum Gasteiger partial charge on any atom is -0.376 e. The van der Waals surface area contributed by atoms with Gasteiger partial charge in [-0.3, -0.25) is 14.3 Å². The van der Waals surface area contributed by atoms with Crippen molar-refractivity contribution < 1.29 is 9.53 Å². The van der Waals surface area contributed by atoms with E-state index in [9.17, 15) is 4.79 Å². The average Bonchev–Trinajstić information content (AvgIpc) is 3.43. The van der Waals surface area contributed by atoms with Crippen LogP contribution in [0.25, 0.3) is 17.1 Å². The molecule has 1 N–H and O–H groups in total. The van der Waals surface area contributed by atoms with Gasteiger partial charge in [0.15, 0.2) is 11.0 Å². The molecule has 2 aromatic heterocycles. The zero-order valence-electron chi connectivity index (χ0n) is 17.2. The van der Waals surface area contributed by atoms with Crippen molar-refractivity contribution in [1.29, 1.82) is 0 Å². The van der Waals surface area contributed by atoms with E-state index in [2.05, 4.69) is 52.5 Å². The van der Waals surface area contributed by atoms with E-state index in [0.717, 1.165) is 36.5 Å². The maximum Gasteiger partial charge on any atom is 0.230 e. The summed E-state index contributed by atoms with van der Waals surface area (Å²) in [6, 6.07) is 10.1. The predicted octanol–water partition coefficient (Wildman–Crippen LogP) is 3.33. The molecule has 1 saturated heterocycles. The highest BCUT2D eigenvalue weighted by Crippen LogP contribution is 2.28. The number of carbonyl (C=O) groups excluding carboxylic acids is 1. The van der Waals surface area contributed by atoms with Crippen LogP contribution in [0.15, 0.2) is 47.9 Å². The van der Waals surface area contributed by atoms with Crippen LogP contribution in [0.4, 0.5) is 0 Å². The number of pyridine rings is 1. The fourth-order valence-electron chi connectivity index (χ4n) is 3.36. The molecule has 0 saturated carbocycles. The number of aryl methyl sites for hydroxylation is 2. The lowest BCUT2D eigenvalue weighted by Crippen LogP contribution is -2.32. The van der Waals surface area contributed by atoms with Crippen LogP contribution in [0, 0.1) is 13.8 Å². The molecule has 1 amide bonds. The lowest BCUT2D eigenvalue weighted by Gasteiger charge is -2.13. The number of thioether (sulfide) groups is 1. The Labute approximate surface area is 180 Å². The van der Waals surface area contributed by atoms with Crippen LogP contribution in [0.1, 0.15) is 24.0 Å². The Kier molecular flexibility index (Phi) is 6.44. The van der Waals surface area contributed by atoms with E-state index < -0.39 is 0 Å². The number of hydrogen-bond donors (Lipinski definition) is 1. The number of hydrogen-bond acceptors (Lipinski definition) is 6. The first kappa shape index (κ1) is 20.6. The molecule has 1 aromatic carbocycles. The monoisotopic (exact) mass is 423 g/mol. The first-order chi connectivity index (χ1) is 14.6. The molecule has 1 fully saturated rings. The second-order valence-corrected chi connectivity index (χ2v) is 8.32. The summed E-state index contributed by atoms with van der Waals surface area (Å²) >= 11 is 1.38. The molecule has 8 heteroatoms. The van der Waals surface area contributed by atoms with E-state index in [1.807, 2.05) is 16.7 Å². The Morgan fingerprint density at radius 2 is 2.03 bits per heavy atom. The highest BCUT2D eigenvalue weighted by atomic mass is 32.2. The molecule has 156 valence electrons. The van der Waals surface area contributed by atoms with Gasteiger partial charge in [0, 0.05) is 31.1 Å².